The molecule has 0 aliphatic heterocycles. The minimum Gasteiger partial charge on any atom is -0.455 e. The van der Waals surface area contributed by atoms with Gasteiger partial charge in [-0.25, -0.2) is 0 Å². The third-order valence-corrected chi connectivity index (χ3v) is 14.1. The molecule has 0 saturated heterocycles. The minimum atomic E-state index is 0.886. The van der Waals surface area contributed by atoms with Crippen LogP contribution in [0.1, 0.15) is 0 Å². The Balaban J connectivity index is 0.874. The van der Waals surface area contributed by atoms with Gasteiger partial charge >= 0.3 is 0 Å². The Kier molecular flexibility index (Phi) is 8.90. The topological polar surface area (TPSA) is 21.3 Å². The monoisotopic (exact) mass is 878 g/mol. The van der Waals surface area contributed by atoms with Gasteiger partial charge in [-0.2, -0.15) is 0 Å². The smallest absolute Gasteiger partial charge is 0.143 e. The van der Waals surface area contributed by atoms with Crippen LogP contribution in [0, 0.1) is 0 Å². The van der Waals surface area contributed by atoms with Crippen molar-refractivity contribution in [3.63, 3.8) is 0 Å². The van der Waals surface area contributed by atoms with Crippen molar-refractivity contribution >= 4 is 93.1 Å². The summed E-state index contributed by atoms with van der Waals surface area (Å²) in [6.07, 6.45) is 0. The van der Waals surface area contributed by atoms with Gasteiger partial charge in [0, 0.05) is 49.7 Å². The van der Waals surface area contributed by atoms with Gasteiger partial charge in [0.1, 0.15) is 11.2 Å². The fourth-order valence-corrected chi connectivity index (χ4v) is 10.9. The first-order valence-electron chi connectivity index (χ1n) is 23.6. The Hall–Kier alpha value is -9.18. The van der Waals surface area contributed by atoms with Crippen molar-refractivity contribution in [2.24, 2.45) is 0 Å². The average Bonchev–Trinajstić information content (AvgIpc) is 3.98. The molecule has 322 valence electrons. The maximum atomic E-state index is 6.64. The van der Waals surface area contributed by atoms with E-state index in [-0.39, 0.29) is 0 Å². The van der Waals surface area contributed by atoms with Crippen LogP contribution in [0.2, 0.25) is 0 Å². The maximum absolute atomic E-state index is 6.64. The number of hydrogen-bond donors (Lipinski definition) is 0. The normalized spacial score (nSPS) is 11.8. The van der Waals surface area contributed by atoms with E-state index in [1.54, 1.807) is 0 Å². The maximum Gasteiger partial charge on any atom is 0.143 e. The molecule has 14 aromatic rings. The fourth-order valence-electron chi connectivity index (χ4n) is 10.9. The van der Waals surface area contributed by atoms with Gasteiger partial charge in [-0.3, -0.25) is 0 Å². The molecule has 0 fully saturated rings. The molecule has 3 nitrogen and oxygen atoms in total. The van der Waals surface area contributed by atoms with Crippen LogP contribution in [0.5, 0.6) is 0 Å². The van der Waals surface area contributed by atoms with Crippen molar-refractivity contribution in [1.29, 1.82) is 0 Å². The van der Waals surface area contributed by atoms with Gasteiger partial charge in [0.15, 0.2) is 0 Å². The minimum absolute atomic E-state index is 0.886. The first kappa shape index (κ1) is 39.0. The van der Waals surface area contributed by atoms with Crippen molar-refractivity contribution in [2.45, 2.75) is 0 Å². The summed E-state index contributed by atoms with van der Waals surface area (Å²) in [4.78, 5) is 2.37. The molecule has 0 unspecified atom stereocenters. The molecule has 0 spiro atoms. The van der Waals surface area contributed by atoms with Crippen LogP contribution < -0.4 is 4.90 Å². The van der Waals surface area contributed by atoms with Gasteiger partial charge in [-0.1, -0.05) is 176 Å². The molecule has 0 N–H and O–H groups in total. The van der Waals surface area contributed by atoms with E-state index < -0.39 is 0 Å². The second-order valence-corrected chi connectivity index (χ2v) is 18.1. The van der Waals surface area contributed by atoms with Crippen LogP contribution in [0.25, 0.3) is 115 Å². The van der Waals surface area contributed by atoms with E-state index >= 15 is 0 Å². The molecule has 0 atom stereocenters. The predicted molar refractivity (Wildman–Crippen MR) is 292 cm³/mol. The number of furan rings is 1. The molecule has 14 rings (SSSR count). The van der Waals surface area contributed by atoms with Crippen LogP contribution in [-0.4, -0.2) is 4.57 Å². The van der Waals surface area contributed by atoms with E-state index in [0.29, 0.717) is 0 Å². The highest BCUT2D eigenvalue weighted by Crippen LogP contribution is 2.43. The SMILES string of the molecule is c1cc(-c2cccc3oc4c5ccccc5ccc4c23)cc(N(c2ccc(-c3cccc(-n4c5ccccc5c5ccccc54)c3)cc2)c2ccc(-c3ccc4c(ccc5ccccc54)c3)cc2)c1. The third-order valence-electron chi connectivity index (χ3n) is 14.1. The fraction of sp³-hybridized carbons (Fsp3) is 0. The molecule has 0 amide bonds. The van der Waals surface area contributed by atoms with Crippen molar-refractivity contribution in [2.75, 3.05) is 4.90 Å². The predicted octanol–water partition coefficient (Wildman–Crippen LogP) is 18.6. The Morgan fingerprint density at radius 2 is 0.841 bits per heavy atom. The first-order valence-corrected chi connectivity index (χ1v) is 23.6. The lowest BCUT2D eigenvalue weighted by Gasteiger charge is -2.26. The Labute approximate surface area is 399 Å². The molecule has 0 saturated carbocycles. The molecule has 12 aromatic carbocycles. The zero-order valence-corrected chi connectivity index (χ0v) is 37.6. The highest BCUT2D eigenvalue weighted by atomic mass is 16.3. The molecule has 2 aromatic heterocycles. The van der Waals surface area contributed by atoms with Crippen LogP contribution in [0.3, 0.4) is 0 Å². The molecule has 0 aliphatic carbocycles. The van der Waals surface area contributed by atoms with Gasteiger partial charge in [-0.15, -0.1) is 0 Å². The Bertz CT molecular complexity index is 4260. The number of benzene rings is 12. The summed E-state index contributed by atoms with van der Waals surface area (Å²) in [6.45, 7) is 0. The average molecular weight is 879 g/mol. The van der Waals surface area contributed by atoms with Crippen LogP contribution >= 0.6 is 0 Å². The number of nitrogens with zero attached hydrogens (tertiary/aromatic N) is 2. The van der Waals surface area contributed by atoms with Gasteiger partial charge in [0.25, 0.3) is 0 Å². The number of fused-ring (bicyclic) bond motifs is 11. The molecule has 0 aliphatic rings. The van der Waals surface area contributed by atoms with E-state index in [2.05, 4.69) is 264 Å². The summed E-state index contributed by atoms with van der Waals surface area (Å²) < 4.78 is 9.02. The second-order valence-electron chi connectivity index (χ2n) is 18.1. The highest BCUT2D eigenvalue weighted by molar-refractivity contribution is 6.19. The largest absolute Gasteiger partial charge is 0.455 e. The lowest BCUT2D eigenvalue weighted by atomic mass is 9.97. The van der Waals surface area contributed by atoms with Crippen molar-refractivity contribution in [3.05, 3.63) is 255 Å². The van der Waals surface area contributed by atoms with Crippen LogP contribution in [-0.2, 0) is 0 Å². The van der Waals surface area contributed by atoms with Gasteiger partial charge in [0.2, 0.25) is 0 Å². The number of rotatable bonds is 7. The summed E-state index contributed by atoms with van der Waals surface area (Å²) in [5.74, 6) is 0. The number of para-hydroxylation sites is 2. The van der Waals surface area contributed by atoms with E-state index in [9.17, 15) is 0 Å². The lowest BCUT2D eigenvalue weighted by Crippen LogP contribution is -2.10. The lowest BCUT2D eigenvalue weighted by molar-refractivity contribution is 0.673. The van der Waals surface area contributed by atoms with Crippen LogP contribution in [0.15, 0.2) is 259 Å². The third kappa shape index (κ3) is 6.43. The van der Waals surface area contributed by atoms with E-state index in [1.165, 1.54) is 59.9 Å². The number of aromatic nitrogens is 1. The van der Waals surface area contributed by atoms with E-state index in [4.69, 9.17) is 4.42 Å². The summed E-state index contributed by atoms with van der Waals surface area (Å²) in [6, 6.07) is 92.5. The zero-order valence-electron chi connectivity index (χ0n) is 37.6. The molecule has 69 heavy (non-hydrogen) atoms. The standard InChI is InChI=1S/C66H42N2O/c1-3-18-55-45(12-1)26-27-50-40-48(33-38-56(50)55)44-30-36-52(37-31-44)67(53-16-10-15-49(42-53)57-22-11-25-64-65(57)61-39-32-46-13-2-4-19-58(46)66(61)69-64)51-34-28-43(29-35-51)47-14-9-17-54(41-47)68-62-23-7-5-20-59(62)60-21-6-8-24-63(60)68/h1-42H. The molecule has 0 radical (unpaired) electrons. The zero-order chi connectivity index (χ0) is 45.4. The van der Waals surface area contributed by atoms with Crippen molar-refractivity contribution in [3.8, 4) is 39.1 Å². The van der Waals surface area contributed by atoms with Gasteiger partial charge in [-0.05, 0) is 139 Å². The van der Waals surface area contributed by atoms with Gasteiger partial charge < -0.3 is 13.9 Å². The quantitative estimate of drug-likeness (QED) is 0.149. The molecule has 2 heterocycles. The second kappa shape index (κ2) is 15.7. The van der Waals surface area contributed by atoms with E-state index in [0.717, 1.165) is 72.3 Å². The summed E-state index contributed by atoms with van der Waals surface area (Å²) in [7, 11) is 0. The van der Waals surface area contributed by atoms with Crippen LogP contribution in [0.4, 0.5) is 17.1 Å². The highest BCUT2D eigenvalue weighted by Gasteiger charge is 2.19. The molecular weight excluding hydrogens is 837 g/mol. The Morgan fingerprint density at radius 1 is 0.304 bits per heavy atom. The summed E-state index contributed by atoms with van der Waals surface area (Å²) in [5, 5.41) is 12.1. The summed E-state index contributed by atoms with van der Waals surface area (Å²) in [5.41, 5.74) is 15.5. The summed E-state index contributed by atoms with van der Waals surface area (Å²) >= 11 is 0. The van der Waals surface area contributed by atoms with Crippen molar-refractivity contribution < 1.29 is 4.42 Å². The Morgan fingerprint density at radius 3 is 1.58 bits per heavy atom. The number of hydrogen-bond acceptors (Lipinski definition) is 2. The van der Waals surface area contributed by atoms with E-state index in [1.807, 2.05) is 0 Å². The molecule has 3 heteroatoms. The molecule has 0 bridgehead atoms. The number of anilines is 3. The first-order chi connectivity index (χ1) is 34.2. The van der Waals surface area contributed by atoms with Gasteiger partial charge in [0.05, 0.1) is 11.0 Å². The van der Waals surface area contributed by atoms with Crippen molar-refractivity contribution in [1.82, 2.24) is 4.57 Å². The molecular formula is C66H42N2O.